The number of rotatable bonds is 5. The second-order valence-electron chi connectivity index (χ2n) is 4.23. The molecule has 20 heavy (non-hydrogen) atoms. The van der Waals surface area contributed by atoms with Crippen LogP contribution in [-0.4, -0.2) is 29.7 Å². The number of methoxy groups -OCH3 is 1. The maximum Gasteiger partial charge on any atom is 0.267 e. The topological polar surface area (TPSA) is 74.3 Å². The SMILES string of the molecule is COc1cccc(C(O)CNC(=O)c2cc(Br)c[nH]2)c1. The van der Waals surface area contributed by atoms with Crippen LogP contribution >= 0.6 is 15.9 Å². The second-order valence-corrected chi connectivity index (χ2v) is 5.15. The average Bonchev–Trinajstić information content (AvgIpc) is 2.91. The van der Waals surface area contributed by atoms with Crippen molar-refractivity contribution in [2.75, 3.05) is 13.7 Å². The first kappa shape index (κ1) is 14.6. The van der Waals surface area contributed by atoms with Crippen LogP contribution in [0.2, 0.25) is 0 Å². The summed E-state index contributed by atoms with van der Waals surface area (Å²) in [5.74, 6) is 0.402. The van der Waals surface area contributed by atoms with Crippen LogP contribution in [0.1, 0.15) is 22.2 Å². The first-order valence-electron chi connectivity index (χ1n) is 6.04. The van der Waals surface area contributed by atoms with Crippen molar-refractivity contribution in [1.29, 1.82) is 0 Å². The van der Waals surface area contributed by atoms with Gasteiger partial charge in [-0.15, -0.1) is 0 Å². The highest BCUT2D eigenvalue weighted by Gasteiger charge is 2.12. The van der Waals surface area contributed by atoms with E-state index in [1.54, 1.807) is 43.6 Å². The smallest absolute Gasteiger partial charge is 0.267 e. The van der Waals surface area contributed by atoms with Crippen LogP contribution in [0.25, 0.3) is 0 Å². The second kappa shape index (κ2) is 6.58. The van der Waals surface area contributed by atoms with Crippen molar-refractivity contribution in [2.24, 2.45) is 0 Å². The van der Waals surface area contributed by atoms with Crippen LogP contribution in [0, 0.1) is 0 Å². The third kappa shape index (κ3) is 3.61. The third-order valence-electron chi connectivity index (χ3n) is 2.83. The molecule has 0 fully saturated rings. The Morgan fingerprint density at radius 2 is 2.30 bits per heavy atom. The number of nitrogens with one attached hydrogen (secondary N) is 2. The Labute approximate surface area is 125 Å². The van der Waals surface area contributed by atoms with Crippen LogP contribution in [0.5, 0.6) is 5.75 Å². The first-order valence-corrected chi connectivity index (χ1v) is 6.83. The van der Waals surface area contributed by atoms with Crippen molar-refractivity contribution < 1.29 is 14.6 Å². The Bertz CT molecular complexity index is 598. The Morgan fingerprint density at radius 3 is 2.95 bits per heavy atom. The van der Waals surface area contributed by atoms with E-state index in [1.807, 2.05) is 0 Å². The molecule has 1 atom stereocenters. The Kier molecular flexibility index (Phi) is 4.81. The molecule has 2 rings (SSSR count). The zero-order chi connectivity index (χ0) is 14.5. The minimum Gasteiger partial charge on any atom is -0.497 e. The molecule has 0 aliphatic rings. The molecule has 106 valence electrons. The van der Waals surface area contributed by atoms with Crippen molar-refractivity contribution in [3.05, 3.63) is 52.3 Å². The van der Waals surface area contributed by atoms with E-state index >= 15 is 0 Å². The highest BCUT2D eigenvalue weighted by Crippen LogP contribution is 2.18. The predicted octanol–water partition coefficient (Wildman–Crippen LogP) is 2.25. The van der Waals surface area contributed by atoms with Gasteiger partial charge in [0.15, 0.2) is 0 Å². The number of ether oxygens (including phenoxy) is 1. The minimum absolute atomic E-state index is 0.128. The Balaban J connectivity index is 1.94. The number of aromatic nitrogens is 1. The summed E-state index contributed by atoms with van der Waals surface area (Å²) >= 11 is 3.26. The van der Waals surface area contributed by atoms with Crippen molar-refractivity contribution in [1.82, 2.24) is 10.3 Å². The van der Waals surface area contributed by atoms with Gasteiger partial charge in [-0.1, -0.05) is 12.1 Å². The lowest BCUT2D eigenvalue weighted by Crippen LogP contribution is -2.28. The van der Waals surface area contributed by atoms with Gasteiger partial charge in [-0.25, -0.2) is 0 Å². The number of hydrogen-bond donors (Lipinski definition) is 3. The molecule has 0 saturated carbocycles. The molecule has 0 aliphatic carbocycles. The van der Waals surface area contributed by atoms with Gasteiger partial charge in [-0.2, -0.15) is 0 Å². The molecular formula is C14H15BrN2O3. The molecule has 1 aromatic carbocycles. The van der Waals surface area contributed by atoms with Gasteiger partial charge in [0.1, 0.15) is 11.4 Å². The molecule has 1 aromatic heterocycles. The lowest BCUT2D eigenvalue weighted by Gasteiger charge is -2.12. The summed E-state index contributed by atoms with van der Waals surface area (Å²) in [4.78, 5) is 14.6. The number of H-pyrrole nitrogens is 1. The number of halogens is 1. The number of carbonyl (C=O) groups is 1. The van der Waals surface area contributed by atoms with Gasteiger partial charge in [0.25, 0.3) is 5.91 Å². The van der Waals surface area contributed by atoms with E-state index in [1.165, 1.54) is 0 Å². The molecule has 1 unspecified atom stereocenters. The number of aliphatic hydroxyl groups excluding tert-OH is 1. The minimum atomic E-state index is -0.785. The molecule has 0 saturated heterocycles. The Hall–Kier alpha value is -1.79. The molecule has 0 bridgehead atoms. The number of aliphatic hydroxyl groups is 1. The van der Waals surface area contributed by atoms with Crippen molar-refractivity contribution in [3.63, 3.8) is 0 Å². The van der Waals surface area contributed by atoms with Gasteiger partial charge in [-0.05, 0) is 39.7 Å². The standard InChI is InChI=1S/C14H15BrN2O3/c1-20-11-4-2-3-9(5-11)13(18)8-17-14(19)12-6-10(15)7-16-12/h2-7,13,16,18H,8H2,1H3,(H,17,19). The monoisotopic (exact) mass is 338 g/mol. The fraction of sp³-hybridized carbons (Fsp3) is 0.214. The van der Waals surface area contributed by atoms with E-state index in [-0.39, 0.29) is 12.5 Å². The van der Waals surface area contributed by atoms with Crippen LogP contribution in [0.3, 0.4) is 0 Å². The van der Waals surface area contributed by atoms with E-state index in [9.17, 15) is 9.90 Å². The lowest BCUT2D eigenvalue weighted by atomic mass is 10.1. The predicted molar refractivity (Wildman–Crippen MR) is 78.8 cm³/mol. The van der Waals surface area contributed by atoms with Crippen LogP contribution in [0.4, 0.5) is 0 Å². The number of amides is 1. The highest BCUT2D eigenvalue weighted by molar-refractivity contribution is 9.10. The maximum absolute atomic E-state index is 11.8. The molecule has 0 radical (unpaired) electrons. The van der Waals surface area contributed by atoms with E-state index < -0.39 is 6.10 Å². The summed E-state index contributed by atoms with van der Waals surface area (Å²) in [6.07, 6.45) is 0.889. The quantitative estimate of drug-likeness (QED) is 0.782. The van der Waals surface area contributed by atoms with Gasteiger partial charge in [0.05, 0.1) is 13.2 Å². The average molecular weight is 339 g/mol. The molecule has 2 aromatic rings. The molecule has 3 N–H and O–H groups in total. The van der Waals surface area contributed by atoms with Gasteiger partial charge >= 0.3 is 0 Å². The first-order chi connectivity index (χ1) is 9.60. The number of aromatic amines is 1. The molecule has 6 heteroatoms. The number of benzene rings is 1. The molecule has 5 nitrogen and oxygen atoms in total. The van der Waals surface area contributed by atoms with Crippen molar-refractivity contribution in [3.8, 4) is 5.75 Å². The van der Waals surface area contributed by atoms with Crippen LogP contribution in [0.15, 0.2) is 41.0 Å². The fourth-order valence-corrected chi connectivity index (χ4v) is 2.09. The zero-order valence-corrected chi connectivity index (χ0v) is 12.5. The molecule has 1 amide bonds. The highest BCUT2D eigenvalue weighted by atomic mass is 79.9. The summed E-state index contributed by atoms with van der Waals surface area (Å²) in [5, 5.41) is 12.7. The van der Waals surface area contributed by atoms with Crippen molar-refractivity contribution in [2.45, 2.75) is 6.10 Å². The normalized spacial score (nSPS) is 11.9. The van der Waals surface area contributed by atoms with E-state index in [0.29, 0.717) is 17.0 Å². The largest absolute Gasteiger partial charge is 0.497 e. The summed E-state index contributed by atoms with van der Waals surface area (Å²) in [7, 11) is 1.57. The lowest BCUT2D eigenvalue weighted by molar-refractivity contribution is 0.0912. The number of hydrogen-bond acceptors (Lipinski definition) is 3. The van der Waals surface area contributed by atoms with E-state index in [0.717, 1.165) is 4.47 Å². The van der Waals surface area contributed by atoms with Crippen LogP contribution in [-0.2, 0) is 0 Å². The summed E-state index contributed by atoms with van der Waals surface area (Å²) in [6, 6.07) is 8.78. The molecule has 0 spiro atoms. The molecular weight excluding hydrogens is 324 g/mol. The third-order valence-corrected chi connectivity index (χ3v) is 3.28. The van der Waals surface area contributed by atoms with Crippen LogP contribution < -0.4 is 10.1 Å². The molecule has 0 aliphatic heterocycles. The van der Waals surface area contributed by atoms with Gasteiger partial charge in [0, 0.05) is 17.2 Å². The summed E-state index contributed by atoms with van der Waals surface area (Å²) in [5.41, 5.74) is 1.13. The Morgan fingerprint density at radius 1 is 1.50 bits per heavy atom. The zero-order valence-electron chi connectivity index (χ0n) is 10.9. The van der Waals surface area contributed by atoms with Crippen molar-refractivity contribution >= 4 is 21.8 Å². The molecule has 1 heterocycles. The van der Waals surface area contributed by atoms with Gasteiger partial charge in [-0.3, -0.25) is 4.79 Å². The van der Waals surface area contributed by atoms with E-state index in [2.05, 4.69) is 26.2 Å². The summed E-state index contributed by atoms with van der Waals surface area (Å²) < 4.78 is 5.90. The van der Waals surface area contributed by atoms with Gasteiger partial charge < -0.3 is 20.1 Å². The van der Waals surface area contributed by atoms with Gasteiger partial charge in [0.2, 0.25) is 0 Å². The maximum atomic E-state index is 11.8. The fourth-order valence-electron chi connectivity index (χ4n) is 1.75. The number of carbonyl (C=O) groups excluding carboxylic acids is 1. The van der Waals surface area contributed by atoms with E-state index in [4.69, 9.17) is 4.74 Å². The summed E-state index contributed by atoms with van der Waals surface area (Å²) in [6.45, 7) is 0.128.